The molecule has 1 aliphatic rings. The average molecular weight is 363 g/mol. The summed E-state index contributed by atoms with van der Waals surface area (Å²) in [5.74, 6) is 2.51. The first-order valence-corrected chi connectivity index (χ1v) is 9.38. The summed E-state index contributed by atoms with van der Waals surface area (Å²) < 4.78 is 10.8. The van der Waals surface area contributed by atoms with Crippen molar-refractivity contribution in [2.45, 2.75) is 45.3 Å². The van der Waals surface area contributed by atoms with Crippen molar-refractivity contribution in [1.82, 2.24) is 15.1 Å². The molecule has 6 heteroatoms. The molecule has 1 N–H and O–H groups in total. The highest BCUT2D eigenvalue weighted by molar-refractivity contribution is 5.79. The number of ether oxygens (including phenoxy) is 2. The summed E-state index contributed by atoms with van der Waals surface area (Å²) in [5, 5.41) is 3.49. The van der Waals surface area contributed by atoms with E-state index in [1.807, 2.05) is 32.3 Å². The van der Waals surface area contributed by atoms with E-state index < -0.39 is 0 Å². The summed E-state index contributed by atoms with van der Waals surface area (Å²) in [6, 6.07) is 7.27. The molecule has 0 unspecified atom stereocenters. The Morgan fingerprint density at radius 1 is 1.27 bits per heavy atom. The second kappa shape index (κ2) is 9.67. The van der Waals surface area contributed by atoms with E-state index in [-0.39, 0.29) is 0 Å². The first-order chi connectivity index (χ1) is 12.5. The third kappa shape index (κ3) is 5.53. The van der Waals surface area contributed by atoms with Crippen LogP contribution in [0.3, 0.4) is 0 Å². The number of hydrogen-bond donors (Lipinski definition) is 1. The van der Waals surface area contributed by atoms with E-state index in [4.69, 9.17) is 9.47 Å². The Bertz CT molecular complexity index is 597. The van der Waals surface area contributed by atoms with E-state index in [9.17, 15) is 0 Å². The van der Waals surface area contributed by atoms with E-state index in [1.165, 1.54) is 12.8 Å². The second-order valence-electron chi connectivity index (χ2n) is 7.07. The number of methoxy groups -OCH3 is 2. The number of hydrogen-bond acceptors (Lipinski definition) is 4. The lowest BCUT2D eigenvalue weighted by atomic mass is 10.2. The SMILES string of the molecule is CN=C(NCCN(C(C)C)C1CC1)N(C)Cc1ccc(OC)cc1OC. The topological polar surface area (TPSA) is 49.3 Å². The quantitative estimate of drug-likeness (QED) is 0.540. The fourth-order valence-electron chi connectivity index (χ4n) is 3.26. The number of benzene rings is 1. The predicted molar refractivity (Wildman–Crippen MR) is 107 cm³/mol. The number of nitrogens with zero attached hydrogens (tertiary/aromatic N) is 3. The lowest BCUT2D eigenvalue weighted by molar-refractivity contribution is 0.214. The minimum Gasteiger partial charge on any atom is -0.497 e. The molecule has 0 radical (unpaired) electrons. The third-order valence-corrected chi connectivity index (χ3v) is 4.81. The molecule has 6 nitrogen and oxygen atoms in total. The van der Waals surface area contributed by atoms with E-state index in [0.29, 0.717) is 12.6 Å². The van der Waals surface area contributed by atoms with Gasteiger partial charge in [-0.15, -0.1) is 0 Å². The minimum absolute atomic E-state index is 0.590. The fourth-order valence-corrected chi connectivity index (χ4v) is 3.26. The Balaban J connectivity index is 1.91. The maximum absolute atomic E-state index is 5.50. The van der Waals surface area contributed by atoms with Crippen LogP contribution in [0.1, 0.15) is 32.3 Å². The fraction of sp³-hybridized carbons (Fsp3) is 0.650. The van der Waals surface area contributed by atoms with Crippen molar-refractivity contribution in [1.29, 1.82) is 0 Å². The smallest absolute Gasteiger partial charge is 0.193 e. The van der Waals surface area contributed by atoms with Crippen LogP contribution in [-0.2, 0) is 6.54 Å². The van der Waals surface area contributed by atoms with E-state index >= 15 is 0 Å². The molecule has 0 saturated heterocycles. The number of rotatable bonds is 9. The van der Waals surface area contributed by atoms with Gasteiger partial charge < -0.3 is 19.7 Å². The first kappa shape index (κ1) is 20.4. The molecule has 0 aliphatic heterocycles. The molecule has 26 heavy (non-hydrogen) atoms. The van der Waals surface area contributed by atoms with E-state index in [2.05, 4.69) is 34.0 Å². The van der Waals surface area contributed by atoms with Crippen LogP contribution in [0.15, 0.2) is 23.2 Å². The lowest BCUT2D eigenvalue weighted by Crippen LogP contribution is -2.44. The summed E-state index contributed by atoms with van der Waals surface area (Å²) >= 11 is 0. The van der Waals surface area contributed by atoms with Crippen molar-refractivity contribution < 1.29 is 9.47 Å². The Labute approximate surface area is 158 Å². The molecule has 0 spiro atoms. The molecular weight excluding hydrogens is 328 g/mol. The molecule has 1 saturated carbocycles. The molecule has 0 atom stereocenters. The Hall–Kier alpha value is -1.95. The molecule has 2 rings (SSSR count). The van der Waals surface area contributed by atoms with Gasteiger partial charge in [-0.3, -0.25) is 9.89 Å². The van der Waals surface area contributed by atoms with Gasteiger partial charge in [0.05, 0.1) is 14.2 Å². The van der Waals surface area contributed by atoms with Crippen LogP contribution in [0.5, 0.6) is 11.5 Å². The minimum atomic E-state index is 0.590. The van der Waals surface area contributed by atoms with Gasteiger partial charge in [-0.05, 0) is 38.8 Å². The molecule has 1 aliphatic carbocycles. The number of guanidine groups is 1. The lowest BCUT2D eigenvalue weighted by Gasteiger charge is -2.28. The van der Waals surface area contributed by atoms with Crippen molar-refractivity contribution in [3.05, 3.63) is 23.8 Å². The van der Waals surface area contributed by atoms with Crippen molar-refractivity contribution in [3.8, 4) is 11.5 Å². The van der Waals surface area contributed by atoms with Crippen LogP contribution in [0, 0.1) is 0 Å². The zero-order chi connectivity index (χ0) is 19.1. The normalized spacial score (nSPS) is 14.7. The molecule has 146 valence electrons. The average Bonchev–Trinajstić information content (AvgIpc) is 3.46. The van der Waals surface area contributed by atoms with Crippen molar-refractivity contribution in [2.24, 2.45) is 4.99 Å². The van der Waals surface area contributed by atoms with Gasteiger partial charge in [0.15, 0.2) is 5.96 Å². The standard InChI is InChI=1S/C20H34N4O2/c1-15(2)24(17-8-9-17)12-11-22-20(21-3)23(4)14-16-7-10-18(25-5)13-19(16)26-6/h7,10,13,15,17H,8-9,11-12,14H2,1-6H3,(H,21,22). The molecule has 1 fully saturated rings. The summed E-state index contributed by atoms with van der Waals surface area (Å²) in [4.78, 5) is 9.11. The van der Waals surface area contributed by atoms with Crippen LogP contribution in [0.25, 0.3) is 0 Å². The van der Waals surface area contributed by atoms with E-state index in [1.54, 1.807) is 14.2 Å². The third-order valence-electron chi connectivity index (χ3n) is 4.81. The second-order valence-corrected chi connectivity index (χ2v) is 7.07. The van der Waals surface area contributed by atoms with Gasteiger partial charge in [-0.1, -0.05) is 0 Å². The summed E-state index contributed by atoms with van der Waals surface area (Å²) in [7, 11) is 7.21. The highest BCUT2D eigenvalue weighted by atomic mass is 16.5. The zero-order valence-corrected chi connectivity index (χ0v) is 17.1. The van der Waals surface area contributed by atoms with Gasteiger partial charge in [0.2, 0.25) is 0 Å². The van der Waals surface area contributed by atoms with Gasteiger partial charge in [0.25, 0.3) is 0 Å². The molecule has 0 heterocycles. The maximum atomic E-state index is 5.50. The molecular formula is C20H34N4O2. The van der Waals surface area contributed by atoms with Crippen LogP contribution in [0.4, 0.5) is 0 Å². The monoisotopic (exact) mass is 362 g/mol. The van der Waals surface area contributed by atoms with Gasteiger partial charge in [0, 0.05) is 57.4 Å². The highest BCUT2D eigenvalue weighted by Crippen LogP contribution is 2.28. The van der Waals surface area contributed by atoms with Crippen LogP contribution < -0.4 is 14.8 Å². The summed E-state index contributed by atoms with van der Waals surface area (Å²) in [6.45, 7) is 7.19. The van der Waals surface area contributed by atoms with Crippen molar-refractivity contribution in [2.75, 3.05) is 41.4 Å². The van der Waals surface area contributed by atoms with Crippen molar-refractivity contribution in [3.63, 3.8) is 0 Å². The summed E-state index contributed by atoms with van der Waals surface area (Å²) in [5.41, 5.74) is 1.10. The molecule has 0 bridgehead atoms. The number of aliphatic imine (C=N–C) groups is 1. The van der Waals surface area contributed by atoms with Crippen LogP contribution in [-0.4, -0.2) is 69.2 Å². The molecule has 0 amide bonds. The molecule has 0 aromatic heterocycles. The maximum Gasteiger partial charge on any atom is 0.193 e. The highest BCUT2D eigenvalue weighted by Gasteiger charge is 2.30. The van der Waals surface area contributed by atoms with Gasteiger partial charge in [-0.2, -0.15) is 0 Å². The van der Waals surface area contributed by atoms with E-state index in [0.717, 1.165) is 42.2 Å². The van der Waals surface area contributed by atoms with Crippen LogP contribution in [0.2, 0.25) is 0 Å². The first-order valence-electron chi connectivity index (χ1n) is 9.38. The Morgan fingerprint density at radius 2 is 2.00 bits per heavy atom. The van der Waals surface area contributed by atoms with Gasteiger partial charge >= 0.3 is 0 Å². The summed E-state index contributed by atoms with van der Waals surface area (Å²) in [6.07, 6.45) is 2.67. The van der Waals surface area contributed by atoms with Crippen molar-refractivity contribution >= 4 is 5.96 Å². The number of nitrogens with one attached hydrogen (secondary N) is 1. The Morgan fingerprint density at radius 3 is 2.54 bits per heavy atom. The van der Waals surface area contributed by atoms with Crippen LogP contribution >= 0.6 is 0 Å². The Kier molecular flexibility index (Phi) is 7.57. The molecule has 1 aromatic carbocycles. The zero-order valence-electron chi connectivity index (χ0n) is 17.1. The predicted octanol–water partition coefficient (Wildman–Crippen LogP) is 2.58. The molecule has 1 aromatic rings. The van der Waals surface area contributed by atoms with Gasteiger partial charge in [-0.25, -0.2) is 0 Å². The largest absolute Gasteiger partial charge is 0.497 e. The van der Waals surface area contributed by atoms with Gasteiger partial charge in [0.1, 0.15) is 11.5 Å².